The summed E-state index contributed by atoms with van der Waals surface area (Å²) in [6.45, 7) is 6.68. The smallest absolute Gasteiger partial charge is 0.194 e. The summed E-state index contributed by atoms with van der Waals surface area (Å²) in [5.41, 5.74) is 1.24. The number of aryl methyl sites for hydroxylation is 1. The number of guanidine groups is 1. The zero-order chi connectivity index (χ0) is 22.1. The standard InChI is InChI=1S/C23H37N7O.HI/c1-19-26-27-22(30(19)4)17-25-23(29(3)15-16-31-18-20-11-12-20)24-13-8-14-28(2)21-9-6-5-7-10-21;/h5-7,9-10,20H,8,11-18H2,1-4H3,(H,24,25);1H. The van der Waals surface area contributed by atoms with Gasteiger partial charge in [0.1, 0.15) is 12.4 Å². The highest BCUT2D eigenvalue weighted by Crippen LogP contribution is 2.28. The van der Waals surface area contributed by atoms with Gasteiger partial charge in [-0.2, -0.15) is 0 Å². The number of aromatic nitrogens is 3. The van der Waals surface area contributed by atoms with Gasteiger partial charge in [0.25, 0.3) is 0 Å². The average Bonchev–Trinajstić information content (AvgIpc) is 3.56. The summed E-state index contributed by atoms with van der Waals surface area (Å²) in [7, 11) is 6.16. The summed E-state index contributed by atoms with van der Waals surface area (Å²) in [6, 6.07) is 10.5. The Morgan fingerprint density at radius 3 is 2.59 bits per heavy atom. The van der Waals surface area contributed by atoms with Crippen molar-refractivity contribution in [2.75, 3.05) is 51.8 Å². The molecular weight excluding hydrogens is 517 g/mol. The van der Waals surface area contributed by atoms with E-state index in [4.69, 9.17) is 9.73 Å². The third-order valence-electron chi connectivity index (χ3n) is 5.69. The Balaban J connectivity index is 0.00000363. The number of nitrogens with one attached hydrogen (secondary N) is 1. The van der Waals surface area contributed by atoms with Crippen LogP contribution in [0.25, 0.3) is 0 Å². The van der Waals surface area contributed by atoms with Gasteiger partial charge in [0, 0.05) is 53.1 Å². The summed E-state index contributed by atoms with van der Waals surface area (Å²) in [5, 5.41) is 11.9. The highest BCUT2D eigenvalue weighted by atomic mass is 127. The Morgan fingerprint density at radius 2 is 1.94 bits per heavy atom. The second-order valence-electron chi connectivity index (χ2n) is 8.34. The van der Waals surface area contributed by atoms with Gasteiger partial charge in [-0.1, -0.05) is 18.2 Å². The molecule has 0 aliphatic heterocycles. The molecule has 1 N–H and O–H groups in total. The zero-order valence-electron chi connectivity index (χ0n) is 19.8. The zero-order valence-corrected chi connectivity index (χ0v) is 22.2. The molecule has 3 rings (SSSR count). The maximum Gasteiger partial charge on any atom is 0.194 e. The third-order valence-corrected chi connectivity index (χ3v) is 5.69. The van der Waals surface area contributed by atoms with E-state index in [1.54, 1.807) is 0 Å². The quantitative estimate of drug-likeness (QED) is 0.188. The predicted molar refractivity (Wildman–Crippen MR) is 141 cm³/mol. The Morgan fingerprint density at radius 1 is 1.19 bits per heavy atom. The van der Waals surface area contributed by atoms with Crippen molar-refractivity contribution < 1.29 is 4.74 Å². The lowest BCUT2D eigenvalue weighted by Crippen LogP contribution is -2.41. The van der Waals surface area contributed by atoms with E-state index in [-0.39, 0.29) is 24.0 Å². The molecule has 0 atom stereocenters. The van der Waals surface area contributed by atoms with Crippen molar-refractivity contribution in [2.24, 2.45) is 18.0 Å². The van der Waals surface area contributed by atoms with Crippen molar-refractivity contribution in [2.45, 2.75) is 32.7 Å². The number of para-hydroxylation sites is 1. The van der Waals surface area contributed by atoms with Crippen LogP contribution in [0.5, 0.6) is 0 Å². The second-order valence-corrected chi connectivity index (χ2v) is 8.34. The molecule has 2 aromatic rings. The summed E-state index contributed by atoms with van der Waals surface area (Å²) >= 11 is 0. The first kappa shape index (κ1) is 26.4. The summed E-state index contributed by atoms with van der Waals surface area (Å²) in [6.07, 6.45) is 3.65. The van der Waals surface area contributed by atoms with Gasteiger partial charge in [-0.15, -0.1) is 34.2 Å². The van der Waals surface area contributed by atoms with Crippen LogP contribution in [-0.4, -0.2) is 72.6 Å². The lowest BCUT2D eigenvalue weighted by molar-refractivity contribution is 0.115. The molecule has 0 spiro atoms. The molecule has 8 nitrogen and oxygen atoms in total. The van der Waals surface area contributed by atoms with Crippen LogP contribution in [0.2, 0.25) is 0 Å². The maximum atomic E-state index is 5.81. The molecule has 0 saturated heterocycles. The van der Waals surface area contributed by atoms with Gasteiger partial charge in [0.15, 0.2) is 11.8 Å². The molecule has 0 unspecified atom stereocenters. The lowest BCUT2D eigenvalue weighted by atomic mass is 10.3. The van der Waals surface area contributed by atoms with Gasteiger partial charge < -0.3 is 24.4 Å². The van der Waals surface area contributed by atoms with Crippen LogP contribution in [0.4, 0.5) is 5.69 Å². The lowest BCUT2D eigenvalue weighted by Gasteiger charge is -2.24. The van der Waals surface area contributed by atoms with Crippen molar-refractivity contribution in [3.63, 3.8) is 0 Å². The minimum Gasteiger partial charge on any atom is -0.379 e. The summed E-state index contributed by atoms with van der Waals surface area (Å²) < 4.78 is 7.79. The number of aliphatic imine (C=N–C) groups is 1. The van der Waals surface area contributed by atoms with Gasteiger partial charge in [-0.05, 0) is 44.2 Å². The van der Waals surface area contributed by atoms with Gasteiger partial charge in [-0.25, -0.2) is 4.99 Å². The van der Waals surface area contributed by atoms with E-state index in [1.807, 2.05) is 24.6 Å². The van der Waals surface area contributed by atoms with Crippen LogP contribution >= 0.6 is 24.0 Å². The first-order chi connectivity index (χ1) is 15.0. The van der Waals surface area contributed by atoms with E-state index in [2.05, 4.69) is 63.7 Å². The Hall–Kier alpha value is -1.88. The van der Waals surface area contributed by atoms with Crippen molar-refractivity contribution in [3.05, 3.63) is 42.0 Å². The number of nitrogens with zero attached hydrogens (tertiary/aromatic N) is 6. The monoisotopic (exact) mass is 555 g/mol. The van der Waals surface area contributed by atoms with Crippen LogP contribution in [0.1, 0.15) is 30.9 Å². The number of halogens is 1. The van der Waals surface area contributed by atoms with Gasteiger partial charge in [0.05, 0.1) is 6.61 Å². The summed E-state index contributed by atoms with van der Waals surface area (Å²) in [4.78, 5) is 9.22. The fourth-order valence-corrected chi connectivity index (χ4v) is 3.22. The minimum absolute atomic E-state index is 0. The number of rotatable bonds is 12. The van der Waals surface area contributed by atoms with Crippen LogP contribution in [0.15, 0.2) is 35.3 Å². The number of hydrogen-bond acceptors (Lipinski definition) is 5. The molecule has 1 aliphatic rings. The predicted octanol–water partition coefficient (Wildman–Crippen LogP) is 3.07. The SMILES string of the molecule is Cc1nnc(CN=C(NCCCN(C)c2ccccc2)N(C)CCOCC2CC2)n1C.I. The molecule has 0 radical (unpaired) electrons. The van der Waals surface area contributed by atoms with Crippen LogP contribution < -0.4 is 10.2 Å². The maximum absolute atomic E-state index is 5.81. The molecule has 0 bridgehead atoms. The van der Waals surface area contributed by atoms with E-state index in [1.165, 1.54) is 18.5 Å². The molecular formula is C23H38IN7O. The van der Waals surface area contributed by atoms with Crippen molar-refractivity contribution in [1.82, 2.24) is 25.0 Å². The first-order valence-corrected chi connectivity index (χ1v) is 11.2. The van der Waals surface area contributed by atoms with Crippen LogP contribution in [0.3, 0.4) is 0 Å². The molecule has 1 heterocycles. The number of hydrogen-bond donors (Lipinski definition) is 1. The molecule has 1 aromatic carbocycles. The molecule has 32 heavy (non-hydrogen) atoms. The minimum atomic E-state index is 0. The topological polar surface area (TPSA) is 70.8 Å². The van der Waals surface area contributed by atoms with Crippen molar-refractivity contribution in [3.8, 4) is 0 Å². The highest BCUT2D eigenvalue weighted by molar-refractivity contribution is 14.0. The Labute approximate surface area is 209 Å². The van der Waals surface area contributed by atoms with E-state index in [0.717, 1.165) is 56.2 Å². The molecule has 9 heteroatoms. The van der Waals surface area contributed by atoms with Crippen molar-refractivity contribution in [1.29, 1.82) is 0 Å². The molecule has 1 aromatic heterocycles. The third kappa shape index (κ3) is 8.57. The highest BCUT2D eigenvalue weighted by Gasteiger charge is 2.21. The molecule has 178 valence electrons. The van der Waals surface area contributed by atoms with Crippen LogP contribution in [-0.2, 0) is 18.3 Å². The molecule has 1 fully saturated rings. The van der Waals surface area contributed by atoms with Crippen LogP contribution in [0, 0.1) is 12.8 Å². The molecule has 1 aliphatic carbocycles. The van der Waals surface area contributed by atoms with Gasteiger partial charge in [-0.3, -0.25) is 0 Å². The molecule has 1 saturated carbocycles. The van der Waals surface area contributed by atoms with Gasteiger partial charge >= 0.3 is 0 Å². The van der Waals surface area contributed by atoms with E-state index in [0.29, 0.717) is 13.2 Å². The van der Waals surface area contributed by atoms with E-state index < -0.39 is 0 Å². The Kier molecular flexibility index (Phi) is 11.2. The van der Waals surface area contributed by atoms with E-state index in [9.17, 15) is 0 Å². The fourth-order valence-electron chi connectivity index (χ4n) is 3.22. The first-order valence-electron chi connectivity index (χ1n) is 11.2. The summed E-state index contributed by atoms with van der Waals surface area (Å²) in [5.74, 6) is 3.42. The number of benzene rings is 1. The number of ether oxygens (including phenoxy) is 1. The largest absolute Gasteiger partial charge is 0.379 e. The number of likely N-dealkylation sites (N-methyl/N-ethyl adjacent to an activating group) is 1. The van der Waals surface area contributed by atoms with E-state index >= 15 is 0 Å². The second kappa shape index (κ2) is 13.6. The van der Waals surface area contributed by atoms with Gasteiger partial charge in [0.2, 0.25) is 0 Å². The fraction of sp³-hybridized carbons (Fsp3) is 0.609. The Bertz CT molecular complexity index is 823. The normalized spacial score (nSPS) is 13.6. The molecule has 0 amide bonds. The average molecular weight is 556 g/mol. The number of anilines is 1. The van der Waals surface area contributed by atoms with Crippen molar-refractivity contribution >= 4 is 35.6 Å².